The van der Waals surface area contributed by atoms with Crippen molar-refractivity contribution in [3.8, 4) is 17.7 Å². The number of hydrogen-bond acceptors (Lipinski definition) is 7. The molecule has 1 aromatic carbocycles. The van der Waals surface area contributed by atoms with Gasteiger partial charge in [-0.2, -0.15) is 15.3 Å². The Morgan fingerprint density at radius 1 is 1.14 bits per heavy atom. The smallest absolute Gasteiger partial charge is 0.275 e. The van der Waals surface area contributed by atoms with Crippen LogP contribution < -0.4 is 4.90 Å². The molecule has 5 rings (SSSR count). The predicted octanol–water partition coefficient (Wildman–Crippen LogP) is 2.64. The van der Waals surface area contributed by atoms with Crippen LogP contribution in [0.15, 0.2) is 51.5 Å². The number of hydrogen-bond donors (Lipinski definition) is 1. The van der Waals surface area contributed by atoms with Crippen LogP contribution in [0.2, 0.25) is 0 Å². The summed E-state index contributed by atoms with van der Waals surface area (Å²) in [5, 5.41) is 17.3. The van der Waals surface area contributed by atoms with Crippen molar-refractivity contribution in [3.63, 3.8) is 0 Å². The Kier molecular flexibility index (Phi) is 4.02. The molecule has 0 atom stereocenters. The normalized spacial score (nSPS) is 14.3. The lowest BCUT2D eigenvalue weighted by molar-refractivity contribution is 0.0741. The molecule has 1 saturated heterocycles. The zero-order chi connectivity index (χ0) is 19.8. The van der Waals surface area contributed by atoms with Gasteiger partial charge in [0.1, 0.15) is 6.07 Å². The quantitative estimate of drug-likeness (QED) is 0.573. The molecule has 3 aromatic heterocycles. The number of H-pyrrole nitrogens is 1. The maximum atomic E-state index is 12.9. The molecule has 0 unspecified atom stereocenters. The fourth-order valence-corrected chi connectivity index (χ4v) is 3.49. The van der Waals surface area contributed by atoms with Crippen LogP contribution in [0, 0.1) is 11.3 Å². The second kappa shape index (κ2) is 6.83. The first-order valence-electron chi connectivity index (χ1n) is 9.17. The number of benzene rings is 1. The molecule has 0 saturated carbocycles. The molecule has 0 bridgehead atoms. The molecule has 1 aliphatic heterocycles. The summed E-state index contributed by atoms with van der Waals surface area (Å²) in [5.74, 6) is 1.02. The van der Waals surface area contributed by atoms with E-state index in [0.29, 0.717) is 43.5 Å². The van der Waals surface area contributed by atoms with E-state index >= 15 is 0 Å². The van der Waals surface area contributed by atoms with E-state index in [1.807, 2.05) is 29.2 Å². The average Bonchev–Trinajstić information content (AvgIpc) is 3.52. The standard InChI is InChI=1S/C20H16N6O3/c21-12-15-20(29-18(22-15)16-6-3-11-28-16)26-9-7-25(8-10-26)19(27)17-13-4-1-2-5-14(13)23-24-17/h1-6,11H,7-10H2,(H,23,24). The molecular formula is C20H16N6O3. The molecule has 4 aromatic rings. The van der Waals surface area contributed by atoms with E-state index < -0.39 is 0 Å². The lowest BCUT2D eigenvalue weighted by Gasteiger charge is -2.34. The van der Waals surface area contributed by atoms with Crippen LogP contribution in [-0.4, -0.2) is 52.2 Å². The van der Waals surface area contributed by atoms with E-state index in [1.54, 1.807) is 17.0 Å². The Bertz CT molecular complexity index is 1210. The van der Waals surface area contributed by atoms with E-state index in [4.69, 9.17) is 8.83 Å². The van der Waals surface area contributed by atoms with Crippen LogP contribution in [0.4, 0.5) is 5.88 Å². The number of anilines is 1. The van der Waals surface area contributed by atoms with Crippen molar-refractivity contribution >= 4 is 22.7 Å². The van der Waals surface area contributed by atoms with E-state index in [-0.39, 0.29) is 17.5 Å². The zero-order valence-electron chi connectivity index (χ0n) is 15.3. The van der Waals surface area contributed by atoms with E-state index in [0.717, 1.165) is 10.9 Å². The summed E-state index contributed by atoms with van der Waals surface area (Å²) in [6.45, 7) is 2.02. The SMILES string of the molecule is N#Cc1nc(-c2ccco2)oc1N1CCN(C(=O)c2n[nH]c3ccccc23)CC1. The molecule has 1 N–H and O–H groups in total. The maximum Gasteiger partial charge on any atom is 0.275 e. The number of aromatic nitrogens is 3. The van der Waals surface area contributed by atoms with Crippen molar-refractivity contribution < 1.29 is 13.6 Å². The molecule has 0 radical (unpaired) electrons. The largest absolute Gasteiger partial charge is 0.459 e. The van der Waals surface area contributed by atoms with E-state index in [2.05, 4.69) is 21.3 Å². The van der Waals surface area contributed by atoms with Gasteiger partial charge in [0.05, 0.1) is 11.8 Å². The fourth-order valence-electron chi connectivity index (χ4n) is 3.49. The number of piperazine rings is 1. The number of carbonyl (C=O) groups excluding carboxylic acids is 1. The minimum absolute atomic E-state index is 0.114. The van der Waals surface area contributed by atoms with Gasteiger partial charge in [-0.3, -0.25) is 9.89 Å². The lowest BCUT2D eigenvalue weighted by Crippen LogP contribution is -2.49. The van der Waals surface area contributed by atoms with E-state index in [1.165, 1.54) is 6.26 Å². The van der Waals surface area contributed by atoms with Crippen LogP contribution in [-0.2, 0) is 0 Å². The van der Waals surface area contributed by atoms with Gasteiger partial charge in [-0.05, 0) is 18.2 Å². The maximum absolute atomic E-state index is 12.9. The number of nitrogens with zero attached hydrogens (tertiary/aromatic N) is 5. The lowest BCUT2D eigenvalue weighted by atomic mass is 10.2. The summed E-state index contributed by atoms with van der Waals surface area (Å²) in [6.07, 6.45) is 1.52. The third-order valence-corrected chi connectivity index (χ3v) is 4.97. The Balaban J connectivity index is 1.33. The number of furan rings is 1. The Morgan fingerprint density at radius 2 is 1.97 bits per heavy atom. The topological polar surface area (TPSA) is 115 Å². The number of aromatic amines is 1. The highest BCUT2D eigenvalue weighted by atomic mass is 16.4. The predicted molar refractivity (Wildman–Crippen MR) is 103 cm³/mol. The van der Waals surface area contributed by atoms with Gasteiger partial charge >= 0.3 is 0 Å². The number of amides is 1. The van der Waals surface area contributed by atoms with Crippen molar-refractivity contribution in [1.29, 1.82) is 5.26 Å². The minimum Gasteiger partial charge on any atom is -0.459 e. The molecule has 9 heteroatoms. The van der Waals surface area contributed by atoms with Crippen molar-refractivity contribution in [2.45, 2.75) is 0 Å². The average molecular weight is 388 g/mol. The zero-order valence-corrected chi connectivity index (χ0v) is 15.3. The monoisotopic (exact) mass is 388 g/mol. The van der Waals surface area contributed by atoms with Crippen molar-refractivity contribution in [2.75, 3.05) is 31.1 Å². The fraction of sp³-hybridized carbons (Fsp3) is 0.200. The molecular weight excluding hydrogens is 372 g/mol. The van der Waals surface area contributed by atoms with Gasteiger partial charge in [0, 0.05) is 31.6 Å². The molecule has 4 heterocycles. The number of carbonyl (C=O) groups is 1. The Morgan fingerprint density at radius 3 is 2.72 bits per heavy atom. The van der Waals surface area contributed by atoms with Gasteiger partial charge in [0.15, 0.2) is 11.5 Å². The summed E-state index contributed by atoms with van der Waals surface area (Å²) in [4.78, 5) is 20.8. The first-order chi connectivity index (χ1) is 14.2. The van der Waals surface area contributed by atoms with Crippen LogP contribution in [0.1, 0.15) is 16.2 Å². The number of fused-ring (bicyclic) bond motifs is 1. The highest BCUT2D eigenvalue weighted by Crippen LogP contribution is 2.29. The second-order valence-electron chi connectivity index (χ2n) is 6.66. The van der Waals surface area contributed by atoms with Crippen LogP contribution >= 0.6 is 0 Å². The van der Waals surface area contributed by atoms with Gasteiger partial charge in [0.2, 0.25) is 11.6 Å². The number of nitriles is 1. The molecule has 1 aliphatic rings. The van der Waals surface area contributed by atoms with E-state index in [9.17, 15) is 10.1 Å². The third kappa shape index (κ3) is 2.91. The minimum atomic E-state index is -0.114. The first kappa shape index (κ1) is 17.1. The number of oxazole rings is 1. The summed E-state index contributed by atoms with van der Waals surface area (Å²) in [6, 6.07) is 13.1. The summed E-state index contributed by atoms with van der Waals surface area (Å²) < 4.78 is 11.1. The highest BCUT2D eigenvalue weighted by Gasteiger charge is 2.29. The van der Waals surface area contributed by atoms with Gasteiger partial charge in [-0.1, -0.05) is 18.2 Å². The molecule has 144 valence electrons. The summed E-state index contributed by atoms with van der Waals surface area (Å²) in [5.41, 5.74) is 1.46. The summed E-state index contributed by atoms with van der Waals surface area (Å²) in [7, 11) is 0. The first-order valence-corrected chi connectivity index (χ1v) is 9.17. The van der Waals surface area contributed by atoms with Crippen LogP contribution in [0.25, 0.3) is 22.6 Å². The summed E-state index contributed by atoms with van der Waals surface area (Å²) >= 11 is 0. The van der Waals surface area contributed by atoms with Crippen molar-refractivity contribution in [3.05, 3.63) is 54.0 Å². The van der Waals surface area contributed by atoms with Crippen molar-refractivity contribution in [1.82, 2.24) is 20.1 Å². The second-order valence-corrected chi connectivity index (χ2v) is 6.66. The Labute approximate surface area is 165 Å². The van der Waals surface area contributed by atoms with Gasteiger partial charge < -0.3 is 18.6 Å². The molecule has 1 amide bonds. The van der Waals surface area contributed by atoms with Gasteiger partial charge in [-0.25, -0.2) is 0 Å². The highest BCUT2D eigenvalue weighted by molar-refractivity contribution is 6.04. The van der Waals surface area contributed by atoms with Gasteiger partial charge in [0.25, 0.3) is 11.8 Å². The number of nitrogens with one attached hydrogen (secondary N) is 1. The number of para-hydroxylation sites is 1. The molecule has 0 aliphatic carbocycles. The molecule has 9 nitrogen and oxygen atoms in total. The molecule has 0 spiro atoms. The third-order valence-electron chi connectivity index (χ3n) is 4.97. The van der Waals surface area contributed by atoms with Crippen molar-refractivity contribution in [2.24, 2.45) is 0 Å². The number of rotatable bonds is 3. The molecule has 29 heavy (non-hydrogen) atoms. The Hall–Kier alpha value is -4.06. The molecule has 1 fully saturated rings. The van der Waals surface area contributed by atoms with Crippen LogP contribution in [0.5, 0.6) is 0 Å². The van der Waals surface area contributed by atoms with Crippen LogP contribution in [0.3, 0.4) is 0 Å². The van der Waals surface area contributed by atoms with Gasteiger partial charge in [-0.15, -0.1) is 0 Å².